The Kier molecular flexibility index (Phi) is 6.83. The van der Waals surface area contributed by atoms with Gasteiger partial charge in [-0.05, 0) is 48.7 Å². The third kappa shape index (κ3) is 5.42. The Bertz CT molecular complexity index is 1030. The van der Waals surface area contributed by atoms with Gasteiger partial charge in [0.2, 0.25) is 12.7 Å². The minimum absolute atomic E-state index is 0.0593. The van der Waals surface area contributed by atoms with Gasteiger partial charge < -0.3 is 14.8 Å². The number of pyridine rings is 1. The number of benzene rings is 1. The molecule has 4 rings (SSSR count). The standard InChI is InChI=1S/C22H21N3O4S2/c26-20(24-19-6-3-4-10-23-19)7-2-1-5-11-25-21(27)18(31-22(25)30)13-15-8-9-16-17(12-15)29-14-28-16/h3-4,6,8-10,12-13H,1-2,5,7,11,14H2,(H,23,24,26). The highest BCUT2D eigenvalue weighted by Gasteiger charge is 2.31. The third-order valence-corrected chi connectivity index (χ3v) is 6.16. The van der Waals surface area contributed by atoms with E-state index >= 15 is 0 Å². The summed E-state index contributed by atoms with van der Waals surface area (Å²) in [5.41, 5.74) is 0.865. The second kappa shape index (κ2) is 9.93. The summed E-state index contributed by atoms with van der Waals surface area (Å²) in [4.78, 5) is 31.0. The van der Waals surface area contributed by atoms with Gasteiger partial charge in [-0.3, -0.25) is 14.5 Å². The number of thioether (sulfide) groups is 1. The molecule has 9 heteroatoms. The molecule has 2 aromatic rings. The van der Waals surface area contributed by atoms with Gasteiger partial charge >= 0.3 is 0 Å². The smallest absolute Gasteiger partial charge is 0.266 e. The number of ether oxygens (including phenoxy) is 2. The summed E-state index contributed by atoms with van der Waals surface area (Å²) in [6.45, 7) is 0.761. The van der Waals surface area contributed by atoms with E-state index in [-0.39, 0.29) is 18.6 Å². The van der Waals surface area contributed by atoms with Crippen molar-refractivity contribution in [3.8, 4) is 11.5 Å². The van der Waals surface area contributed by atoms with E-state index in [9.17, 15) is 9.59 Å². The van der Waals surface area contributed by atoms with E-state index in [1.54, 1.807) is 23.2 Å². The summed E-state index contributed by atoms with van der Waals surface area (Å²) >= 11 is 6.70. The Balaban J connectivity index is 1.23. The van der Waals surface area contributed by atoms with Crippen molar-refractivity contribution in [2.75, 3.05) is 18.7 Å². The van der Waals surface area contributed by atoms with Crippen LogP contribution in [0.2, 0.25) is 0 Å². The molecule has 2 aliphatic heterocycles. The van der Waals surface area contributed by atoms with Crippen molar-refractivity contribution in [3.05, 3.63) is 53.1 Å². The maximum absolute atomic E-state index is 12.8. The molecule has 2 amide bonds. The number of rotatable bonds is 8. The number of carbonyl (C=O) groups is 2. The van der Waals surface area contributed by atoms with Gasteiger partial charge in [0.05, 0.1) is 4.91 Å². The number of nitrogens with zero attached hydrogens (tertiary/aromatic N) is 2. The molecule has 0 atom stereocenters. The van der Waals surface area contributed by atoms with Crippen LogP contribution in [0.1, 0.15) is 31.2 Å². The van der Waals surface area contributed by atoms with Crippen LogP contribution in [-0.4, -0.2) is 39.4 Å². The van der Waals surface area contributed by atoms with Crippen molar-refractivity contribution in [2.24, 2.45) is 0 Å². The minimum Gasteiger partial charge on any atom is -0.454 e. The number of thiocarbonyl (C=S) groups is 1. The van der Waals surface area contributed by atoms with Crippen molar-refractivity contribution >= 4 is 52.0 Å². The average Bonchev–Trinajstić information content (AvgIpc) is 3.33. The van der Waals surface area contributed by atoms with Crippen molar-refractivity contribution in [1.82, 2.24) is 9.88 Å². The van der Waals surface area contributed by atoms with Crippen LogP contribution in [0.25, 0.3) is 6.08 Å². The molecule has 1 aromatic heterocycles. The maximum atomic E-state index is 12.8. The first kappa shape index (κ1) is 21.3. The lowest BCUT2D eigenvalue weighted by molar-refractivity contribution is -0.122. The lowest BCUT2D eigenvalue weighted by Crippen LogP contribution is -2.29. The van der Waals surface area contributed by atoms with Crippen LogP contribution in [0, 0.1) is 0 Å². The van der Waals surface area contributed by atoms with Crippen LogP contribution in [0.5, 0.6) is 11.5 Å². The summed E-state index contributed by atoms with van der Waals surface area (Å²) in [5, 5.41) is 2.77. The average molecular weight is 456 g/mol. The molecule has 1 saturated heterocycles. The van der Waals surface area contributed by atoms with Crippen LogP contribution in [0.15, 0.2) is 47.5 Å². The number of unbranched alkanes of at least 4 members (excludes halogenated alkanes) is 2. The summed E-state index contributed by atoms with van der Waals surface area (Å²) in [6, 6.07) is 10.9. The first-order valence-electron chi connectivity index (χ1n) is 9.96. The fourth-order valence-corrected chi connectivity index (χ4v) is 4.53. The number of carbonyl (C=O) groups excluding carboxylic acids is 2. The van der Waals surface area contributed by atoms with E-state index in [2.05, 4.69) is 10.3 Å². The molecule has 0 radical (unpaired) electrons. The molecule has 3 heterocycles. The molecule has 1 aromatic carbocycles. The number of hydrogen-bond donors (Lipinski definition) is 1. The zero-order valence-electron chi connectivity index (χ0n) is 16.7. The van der Waals surface area contributed by atoms with Gasteiger partial charge in [-0.1, -0.05) is 42.5 Å². The van der Waals surface area contributed by atoms with Crippen molar-refractivity contribution in [3.63, 3.8) is 0 Å². The highest BCUT2D eigenvalue weighted by molar-refractivity contribution is 8.26. The predicted octanol–water partition coefficient (Wildman–Crippen LogP) is 4.21. The molecule has 0 aliphatic carbocycles. The number of fused-ring (bicyclic) bond motifs is 1. The lowest BCUT2D eigenvalue weighted by Gasteiger charge is -2.14. The normalized spacial score (nSPS) is 16.3. The largest absolute Gasteiger partial charge is 0.454 e. The molecule has 1 fully saturated rings. The number of amides is 2. The molecule has 0 bridgehead atoms. The van der Waals surface area contributed by atoms with Gasteiger partial charge in [-0.15, -0.1) is 0 Å². The fourth-order valence-electron chi connectivity index (χ4n) is 3.22. The van der Waals surface area contributed by atoms with Crippen LogP contribution in [0.4, 0.5) is 5.82 Å². The lowest BCUT2D eigenvalue weighted by atomic mass is 10.1. The number of nitrogens with one attached hydrogen (secondary N) is 1. The molecule has 7 nitrogen and oxygen atoms in total. The second-order valence-electron chi connectivity index (χ2n) is 7.02. The maximum Gasteiger partial charge on any atom is 0.266 e. The Hall–Kier alpha value is -2.91. The predicted molar refractivity (Wildman–Crippen MR) is 124 cm³/mol. The molecule has 2 aliphatic rings. The Morgan fingerprint density at radius 3 is 2.90 bits per heavy atom. The van der Waals surface area contributed by atoms with E-state index in [1.165, 1.54) is 11.8 Å². The van der Waals surface area contributed by atoms with E-state index in [0.29, 0.717) is 39.5 Å². The molecule has 160 valence electrons. The molecule has 1 N–H and O–H groups in total. The summed E-state index contributed by atoms with van der Waals surface area (Å²) in [6.07, 6.45) is 6.22. The van der Waals surface area contributed by atoms with Gasteiger partial charge in [-0.2, -0.15) is 0 Å². The zero-order chi connectivity index (χ0) is 21.6. The molecule has 0 unspecified atom stereocenters. The van der Waals surface area contributed by atoms with E-state index in [4.69, 9.17) is 21.7 Å². The summed E-state index contributed by atoms with van der Waals surface area (Å²) in [5.74, 6) is 1.80. The Labute approximate surface area is 189 Å². The van der Waals surface area contributed by atoms with Gasteiger partial charge in [0.1, 0.15) is 10.1 Å². The molecule has 31 heavy (non-hydrogen) atoms. The third-order valence-electron chi connectivity index (χ3n) is 4.79. The number of aromatic nitrogens is 1. The highest BCUT2D eigenvalue weighted by Crippen LogP contribution is 2.36. The number of hydrogen-bond acceptors (Lipinski definition) is 7. The first-order chi connectivity index (χ1) is 15.1. The van der Waals surface area contributed by atoms with Crippen LogP contribution in [0.3, 0.4) is 0 Å². The minimum atomic E-state index is -0.0828. The zero-order valence-corrected chi connectivity index (χ0v) is 18.3. The second-order valence-corrected chi connectivity index (χ2v) is 8.70. The molecule has 0 saturated carbocycles. The van der Waals surface area contributed by atoms with Crippen LogP contribution < -0.4 is 14.8 Å². The number of anilines is 1. The topological polar surface area (TPSA) is 80.8 Å². The quantitative estimate of drug-likeness (QED) is 0.363. The van der Waals surface area contributed by atoms with Gasteiger partial charge in [0.25, 0.3) is 5.91 Å². The molecule has 0 spiro atoms. The van der Waals surface area contributed by atoms with Crippen molar-refractivity contribution < 1.29 is 19.1 Å². The summed E-state index contributed by atoms with van der Waals surface area (Å²) in [7, 11) is 0. The van der Waals surface area contributed by atoms with Gasteiger partial charge in [0, 0.05) is 19.2 Å². The Morgan fingerprint density at radius 2 is 2.06 bits per heavy atom. The Morgan fingerprint density at radius 1 is 1.19 bits per heavy atom. The monoisotopic (exact) mass is 455 g/mol. The van der Waals surface area contributed by atoms with Crippen molar-refractivity contribution in [2.45, 2.75) is 25.7 Å². The van der Waals surface area contributed by atoms with E-state index < -0.39 is 0 Å². The fraction of sp³-hybridized carbons (Fsp3) is 0.273. The molecular formula is C22H21N3O4S2. The van der Waals surface area contributed by atoms with Crippen LogP contribution >= 0.6 is 24.0 Å². The van der Waals surface area contributed by atoms with E-state index in [0.717, 1.165) is 24.8 Å². The summed E-state index contributed by atoms with van der Waals surface area (Å²) < 4.78 is 11.3. The van der Waals surface area contributed by atoms with Gasteiger partial charge in [-0.25, -0.2) is 4.98 Å². The SMILES string of the molecule is O=C(CCCCCN1C(=O)C(=Cc2ccc3c(c2)OCO3)SC1=S)Nc1ccccn1. The highest BCUT2D eigenvalue weighted by atomic mass is 32.2. The first-order valence-corrected chi connectivity index (χ1v) is 11.2. The van der Waals surface area contributed by atoms with Gasteiger partial charge in [0.15, 0.2) is 11.5 Å². The van der Waals surface area contributed by atoms with Crippen LogP contribution in [-0.2, 0) is 9.59 Å². The van der Waals surface area contributed by atoms with Crippen molar-refractivity contribution in [1.29, 1.82) is 0 Å². The van der Waals surface area contributed by atoms with E-state index in [1.807, 2.05) is 30.3 Å². The molecular weight excluding hydrogens is 434 g/mol.